The highest BCUT2D eigenvalue weighted by Crippen LogP contribution is 2.21. The van der Waals surface area contributed by atoms with Crippen molar-refractivity contribution in [2.45, 2.75) is 0 Å². The lowest BCUT2D eigenvalue weighted by Gasteiger charge is -2.08. The minimum absolute atomic E-state index is 0.269. The molecule has 0 radical (unpaired) electrons. The lowest BCUT2D eigenvalue weighted by atomic mass is 10.2. The van der Waals surface area contributed by atoms with Gasteiger partial charge < -0.3 is 15.4 Å². The van der Waals surface area contributed by atoms with Crippen LogP contribution in [0.3, 0.4) is 0 Å². The first-order valence-corrected chi connectivity index (χ1v) is 7.70. The van der Waals surface area contributed by atoms with E-state index in [2.05, 4.69) is 10.1 Å². The second-order valence-electron chi connectivity index (χ2n) is 5.29. The number of rotatable bonds is 7. The molecule has 2 aromatic rings. The number of non-ortho nitro benzene ring substituents is 1. The van der Waals surface area contributed by atoms with Crippen molar-refractivity contribution < 1.29 is 32.8 Å². The van der Waals surface area contributed by atoms with Crippen LogP contribution in [-0.2, 0) is 14.3 Å². The summed E-state index contributed by atoms with van der Waals surface area (Å²) in [5, 5.41) is 14.8. The number of ether oxygens (including phenoxy) is 1. The minimum Gasteiger partial charge on any atom is -0.454 e. The molecule has 0 aliphatic heterocycles. The zero-order chi connectivity index (χ0) is 20.7. The second kappa shape index (κ2) is 9.16. The van der Waals surface area contributed by atoms with E-state index in [0.29, 0.717) is 0 Å². The number of amides is 2. The van der Waals surface area contributed by atoms with Gasteiger partial charge in [0.2, 0.25) is 0 Å². The van der Waals surface area contributed by atoms with Crippen molar-refractivity contribution in [3.05, 3.63) is 69.8 Å². The molecule has 0 bridgehead atoms. The molecule has 0 aliphatic carbocycles. The second-order valence-corrected chi connectivity index (χ2v) is 5.29. The van der Waals surface area contributed by atoms with Gasteiger partial charge in [0, 0.05) is 12.1 Å². The maximum atomic E-state index is 13.6. The zero-order valence-corrected chi connectivity index (χ0v) is 14.1. The third kappa shape index (κ3) is 5.56. The number of carbonyl (C=O) groups is 3. The molecule has 2 aromatic carbocycles. The molecule has 0 spiro atoms. The van der Waals surface area contributed by atoms with Crippen LogP contribution in [0.1, 0.15) is 10.4 Å². The molecule has 11 heteroatoms. The van der Waals surface area contributed by atoms with Gasteiger partial charge in [-0.15, -0.1) is 0 Å². The SMILES string of the molecule is O=C(COC(=O)CNC(=O)c1ccccc1F)Nc1cc([N+](=O)[O-])ccc1F. The van der Waals surface area contributed by atoms with Crippen LogP contribution in [0.15, 0.2) is 42.5 Å². The third-order valence-corrected chi connectivity index (χ3v) is 3.31. The average molecular weight is 393 g/mol. The van der Waals surface area contributed by atoms with E-state index < -0.39 is 58.9 Å². The molecule has 2 amide bonds. The first-order valence-electron chi connectivity index (χ1n) is 7.70. The summed E-state index contributed by atoms with van der Waals surface area (Å²) >= 11 is 0. The van der Waals surface area contributed by atoms with Gasteiger partial charge in [-0.1, -0.05) is 12.1 Å². The number of benzene rings is 2. The fourth-order valence-corrected chi connectivity index (χ4v) is 2.00. The largest absolute Gasteiger partial charge is 0.454 e. The Kier molecular flexibility index (Phi) is 6.68. The number of halogens is 2. The van der Waals surface area contributed by atoms with Gasteiger partial charge >= 0.3 is 5.97 Å². The van der Waals surface area contributed by atoms with Crippen LogP contribution in [-0.4, -0.2) is 35.9 Å². The van der Waals surface area contributed by atoms with Crippen LogP contribution < -0.4 is 10.6 Å². The normalized spacial score (nSPS) is 10.1. The summed E-state index contributed by atoms with van der Waals surface area (Å²) in [5.74, 6) is -4.49. The molecular weight excluding hydrogens is 380 g/mol. The van der Waals surface area contributed by atoms with Crippen LogP contribution >= 0.6 is 0 Å². The Bertz CT molecular complexity index is 935. The number of nitro benzene ring substituents is 1. The van der Waals surface area contributed by atoms with E-state index >= 15 is 0 Å². The van der Waals surface area contributed by atoms with Crippen molar-refractivity contribution in [1.29, 1.82) is 0 Å². The molecule has 0 fully saturated rings. The molecule has 146 valence electrons. The van der Waals surface area contributed by atoms with Crippen molar-refractivity contribution >= 4 is 29.2 Å². The summed E-state index contributed by atoms with van der Waals surface area (Å²) < 4.78 is 31.6. The van der Waals surface area contributed by atoms with Crippen LogP contribution in [0.2, 0.25) is 0 Å². The Balaban J connectivity index is 1.82. The number of nitrogens with zero attached hydrogens (tertiary/aromatic N) is 1. The Hall–Kier alpha value is -3.89. The quantitative estimate of drug-likeness (QED) is 0.419. The molecular formula is C17H13F2N3O6. The van der Waals surface area contributed by atoms with Gasteiger partial charge in [-0.25, -0.2) is 8.78 Å². The Labute approximate surface area is 156 Å². The smallest absolute Gasteiger partial charge is 0.325 e. The van der Waals surface area contributed by atoms with E-state index in [9.17, 15) is 33.3 Å². The standard InChI is InChI=1S/C17H13F2N3O6/c18-12-4-2-1-3-11(12)17(25)20-8-16(24)28-9-15(23)21-14-7-10(22(26)27)5-6-13(14)19/h1-7H,8-9H2,(H,20,25)(H,21,23). The van der Waals surface area contributed by atoms with E-state index in [4.69, 9.17) is 0 Å². The average Bonchev–Trinajstić information content (AvgIpc) is 2.66. The summed E-state index contributed by atoms with van der Waals surface area (Å²) in [4.78, 5) is 44.9. The molecule has 0 aromatic heterocycles. The summed E-state index contributed by atoms with van der Waals surface area (Å²) in [6.45, 7) is -1.46. The van der Waals surface area contributed by atoms with Gasteiger partial charge in [0.15, 0.2) is 6.61 Å². The van der Waals surface area contributed by atoms with Gasteiger partial charge in [0.05, 0.1) is 16.2 Å². The fraction of sp³-hybridized carbons (Fsp3) is 0.118. The molecule has 28 heavy (non-hydrogen) atoms. The van der Waals surface area contributed by atoms with Crippen LogP contribution in [0.25, 0.3) is 0 Å². The maximum absolute atomic E-state index is 13.6. The predicted octanol–water partition coefficient (Wildman–Crippen LogP) is 1.78. The molecule has 0 heterocycles. The van der Waals surface area contributed by atoms with Crippen molar-refractivity contribution in [1.82, 2.24) is 5.32 Å². The highest BCUT2D eigenvalue weighted by molar-refractivity contribution is 5.96. The summed E-state index contributed by atoms with van der Waals surface area (Å²) in [7, 11) is 0. The zero-order valence-electron chi connectivity index (χ0n) is 14.1. The molecule has 0 unspecified atom stereocenters. The number of anilines is 1. The topological polar surface area (TPSA) is 128 Å². The monoisotopic (exact) mass is 393 g/mol. The van der Waals surface area contributed by atoms with Crippen LogP contribution in [0.5, 0.6) is 0 Å². The third-order valence-electron chi connectivity index (χ3n) is 3.31. The van der Waals surface area contributed by atoms with Gasteiger partial charge in [-0.2, -0.15) is 0 Å². The molecule has 0 aliphatic rings. The molecule has 0 saturated carbocycles. The van der Waals surface area contributed by atoms with Crippen LogP contribution in [0, 0.1) is 21.7 Å². The van der Waals surface area contributed by atoms with Crippen molar-refractivity contribution in [2.75, 3.05) is 18.5 Å². The Morgan fingerprint density at radius 1 is 1.07 bits per heavy atom. The summed E-state index contributed by atoms with van der Waals surface area (Å²) in [6.07, 6.45) is 0. The lowest BCUT2D eigenvalue weighted by molar-refractivity contribution is -0.384. The maximum Gasteiger partial charge on any atom is 0.325 e. The van der Waals surface area contributed by atoms with Crippen molar-refractivity contribution in [3.8, 4) is 0 Å². The number of hydrogen-bond donors (Lipinski definition) is 2. The highest BCUT2D eigenvalue weighted by Gasteiger charge is 2.16. The van der Waals surface area contributed by atoms with Crippen LogP contribution in [0.4, 0.5) is 20.2 Å². The van der Waals surface area contributed by atoms with Crippen molar-refractivity contribution in [2.24, 2.45) is 0 Å². The first-order chi connectivity index (χ1) is 13.3. The Morgan fingerprint density at radius 3 is 2.46 bits per heavy atom. The van der Waals surface area contributed by atoms with Gasteiger partial charge in [-0.05, 0) is 18.2 Å². The first kappa shape index (κ1) is 20.4. The number of nitro groups is 1. The predicted molar refractivity (Wildman–Crippen MR) is 91.4 cm³/mol. The number of nitrogens with one attached hydrogen (secondary N) is 2. The number of esters is 1. The summed E-state index contributed by atoms with van der Waals surface area (Å²) in [5.41, 5.74) is -1.16. The lowest BCUT2D eigenvalue weighted by Crippen LogP contribution is -2.32. The molecule has 2 N–H and O–H groups in total. The summed E-state index contributed by atoms with van der Waals surface area (Å²) in [6, 6.07) is 7.66. The van der Waals surface area contributed by atoms with E-state index in [1.54, 1.807) is 0 Å². The fourth-order valence-electron chi connectivity index (χ4n) is 2.00. The number of carbonyl (C=O) groups excluding carboxylic acids is 3. The van der Waals surface area contributed by atoms with Gasteiger partial charge in [-0.3, -0.25) is 24.5 Å². The van der Waals surface area contributed by atoms with E-state index in [0.717, 1.165) is 24.3 Å². The number of hydrogen-bond acceptors (Lipinski definition) is 6. The molecule has 0 saturated heterocycles. The molecule has 2 rings (SSSR count). The van der Waals surface area contributed by atoms with Crippen molar-refractivity contribution in [3.63, 3.8) is 0 Å². The molecule has 9 nitrogen and oxygen atoms in total. The highest BCUT2D eigenvalue weighted by atomic mass is 19.1. The van der Waals surface area contributed by atoms with Gasteiger partial charge in [0.25, 0.3) is 17.5 Å². The van der Waals surface area contributed by atoms with E-state index in [1.807, 2.05) is 5.32 Å². The Morgan fingerprint density at radius 2 is 1.79 bits per heavy atom. The molecule has 0 atom stereocenters. The van der Waals surface area contributed by atoms with Gasteiger partial charge in [0.1, 0.15) is 18.2 Å². The van der Waals surface area contributed by atoms with E-state index in [1.165, 1.54) is 18.2 Å². The van der Waals surface area contributed by atoms with E-state index in [-0.39, 0.29) is 5.56 Å². The minimum atomic E-state index is -1.00.